The molecule has 116 valence electrons. The zero-order chi connectivity index (χ0) is 16.2. The fraction of sp³-hybridized carbons (Fsp3) is 0.0588. The molecule has 0 saturated heterocycles. The molecular formula is C17H13BrFN3S. The van der Waals surface area contributed by atoms with Gasteiger partial charge in [0.05, 0.1) is 11.4 Å². The standard InChI is InChI=1S/C17H13BrFN3S/c1-11(12-4-8-15(19)9-5-12)21-22-17-20-16(10-23-17)13-2-6-14(18)7-3-13/h2-10H,1H3,(H,20,22)/b21-11+. The number of thiazole rings is 1. The van der Waals surface area contributed by atoms with Gasteiger partial charge in [0.1, 0.15) is 5.82 Å². The summed E-state index contributed by atoms with van der Waals surface area (Å²) in [6.07, 6.45) is 0. The minimum absolute atomic E-state index is 0.256. The average Bonchev–Trinajstić information content (AvgIpc) is 3.03. The Balaban J connectivity index is 1.72. The second-order valence-corrected chi connectivity index (χ2v) is 6.63. The van der Waals surface area contributed by atoms with Crippen molar-refractivity contribution in [1.82, 2.24) is 4.98 Å². The fourth-order valence-corrected chi connectivity index (χ4v) is 2.89. The SMILES string of the molecule is C/C(=N\Nc1nc(-c2ccc(Br)cc2)cs1)c1ccc(F)cc1. The van der Waals surface area contributed by atoms with Crippen LogP contribution in [-0.4, -0.2) is 10.7 Å². The average molecular weight is 390 g/mol. The van der Waals surface area contributed by atoms with E-state index in [0.29, 0.717) is 5.13 Å². The summed E-state index contributed by atoms with van der Waals surface area (Å²) >= 11 is 4.91. The van der Waals surface area contributed by atoms with E-state index in [2.05, 4.69) is 31.4 Å². The molecule has 1 heterocycles. The number of hydrogen-bond acceptors (Lipinski definition) is 4. The fourth-order valence-electron chi connectivity index (χ4n) is 1.97. The van der Waals surface area contributed by atoms with Gasteiger partial charge in [0.2, 0.25) is 5.13 Å². The second kappa shape index (κ2) is 7.02. The maximum Gasteiger partial charge on any atom is 0.203 e. The molecule has 0 unspecified atom stereocenters. The Morgan fingerprint density at radius 2 is 1.83 bits per heavy atom. The highest BCUT2D eigenvalue weighted by molar-refractivity contribution is 9.10. The van der Waals surface area contributed by atoms with E-state index >= 15 is 0 Å². The van der Waals surface area contributed by atoms with Gasteiger partial charge in [-0.1, -0.05) is 40.2 Å². The molecule has 3 nitrogen and oxygen atoms in total. The first-order valence-electron chi connectivity index (χ1n) is 6.89. The summed E-state index contributed by atoms with van der Waals surface area (Å²) in [6, 6.07) is 14.2. The Bertz CT molecular complexity index is 826. The van der Waals surface area contributed by atoms with Crippen LogP contribution in [0.4, 0.5) is 9.52 Å². The van der Waals surface area contributed by atoms with Gasteiger partial charge in [0.25, 0.3) is 0 Å². The van der Waals surface area contributed by atoms with Crippen molar-refractivity contribution in [3.05, 3.63) is 69.8 Å². The zero-order valence-corrected chi connectivity index (χ0v) is 14.7. The van der Waals surface area contributed by atoms with Crippen LogP contribution in [0.5, 0.6) is 0 Å². The van der Waals surface area contributed by atoms with Crippen LogP contribution in [0.15, 0.2) is 63.5 Å². The number of nitrogens with one attached hydrogen (secondary N) is 1. The predicted molar refractivity (Wildman–Crippen MR) is 97.5 cm³/mol. The van der Waals surface area contributed by atoms with E-state index in [1.165, 1.54) is 23.5 Å². The number of aromatic nitrogens is 1. The van der Waals surface area contributed by atoms with E-state index in [-0.39, 0.29) is 5.82 Å². The van der Waals surface area contributed by atoms with Crippen molar-refractivity contribution in [3.63, 3.8) is 0 Å². The Kier molecular flexibility index (Phi) is 4.83. The van der Waals surface area contributed by atoms with E-state index in [9.17, 15) is 4.39 Å². The number of benzene rings is 2. The smallest absolute Gasteiger partial charge is 0.203 e. The Hall–Kier alpha value is -2.05. The van der Waals surface area contributed by atoms with Crippen molar-refractivity contribution in [2.75, 3.05) is 5.43 Å². The molecule has 2 aromatic carbocycles. The molecule has 3 aromatic rings. The van der Waals surface area contributed by atoms with Gasteiger partial charge in [0.15, 0.2) is 0 Å². The van der Waals surface area contributed by atoms with E-state index in [1.54, 1.807) is 12.1 Å². The summed E-state index contributed by atoms with van der Waals surface area (Å²) in [6.45, 7) is 1.86. The molecule has 1 N–H and O–H groups in total. The Morgan fingerprint density at radius 3 is 2.52 bits per heavy atom. The third-order valence-corrected chi connectivity index (χ3v) is 4.50. The highest BCUT2D eigenvalue weighted by Gasteiger charge is 2.04. The molecule has 0 spiro atoms. The van der Waals surface area contributed by atoms with Gasteiger partial charge in [-0.25, -0.2) is 9.37 Å². The minimum atomic E-state index is -0.256. The molecule has 0 radical (unpaired) electrons. The number of nitrogens with zero attached hydrogens (tertiary/aromatic N) is 2. The van der Waals surface area contributed by atoms with Gasteiger partial charge >= 0.3 is 0 Å². The quantitative estimate of drug-likeness (QED) is 0.469. The van der Waals surface area contributed by atoms with Gasteiger partial charge in [-0.3, -0.25) is 5.43 Å². The highest BCUT2D eigenvalue weighted by atomic mass is 79.9. The molecule has 0 atom stereocenters. The number of rotatable bonds is 4. The lowest BCUT2D eigenvalue weighted by Crippen LogP contribution is -1.99. The summed E-state index contributed by atoms with van der Waals surface area (Å²) in [5.41, 5.74) is 6.54. The van der Waals surface area contributed by atoms with Crippen molar-refractivity contribution >= 4 is 38.1 Å². The largest absolute Gasteiger partial charge is 0.252 e. The van der Waals surface area contributed by atoms with E-state index in [4.69, 9.17) is 0 Å². The van der Waals surface area contributed by atoms with Crippen LogP contribution in [0.25, 0.3) is 11.3 Å². The van der Waals surface area contributed by atoms with Crippen molar-refractivity contribution in [3.8, 4) is 11.3 Å². The molecule has 0 aliphatic heterocycles. The van der Waals surface area contributed by atoms with Crippen LogP contribution in [0.2, 0.25) is 0 Å². The van der Waals surface area contributed by atoms with Crippen LogP contribution < -0.4 is 5.43 Å². The number of hydrogen-bond donors (Lipinski definition) is 1. The van der Waals surface area contributed by atoms with Crippen LogP contribution in [0.3, 0.4) is 0 Å². The molecular weight excluding hydrogens is 377 g/mol. The molecule has 23 heavy (non-hydrogen) atoms. The van der Waals surface area contributed by atoms with Crippen molar-refractivity contribution in [2.24, 2.45) is 5.10 Å². The minimum Gasteiger partial charge on any atom is -0.252 e. The summed E-state index contributed by atoms with van der Waals surface area (Å²) in [4.78, 5) is 4.51. The molecule has 0 bridgehead atoms. The topological polar surface area (TPSA) is 37.3 Å². The van der Waals surface area contributed by atoms with Crippen molar-refractivity contribution in [1.29, 1.82) is 0 Å². The molecule has 0 fully saturated rings. The lowest BCUT2D eigenvalue weighted by Gasteiger charge is -2.01. The lowest BCUT2D eigenvalue weighted by atomic mass is 10.1. The van der Waals surface area contributed by atoms with Crippen LogP contribution in [0.1, 0.15) is 12.5 Å². The van der Waals surface area contributed by atoms with E-state index in [0.717, 1.165) is 27.0 Å². The van der Waals surface area contributed by atoms with E-state index < -0.39 is 0 Å². The summed E-state index contributed by atoms with van der Waals surface area (Å²) < 4.78 is 14.0. The van der Waals surface area contributed by atoms with Crippen LogP contribution in [-0.2, 0) is 0 Å². The Morgan fingerprint density at radius 1 is 1.13 bits per heavy atom. The van der Waals surface area contributed by atoms with Gasteiger partial charge in [-0.2, -0.15) is 5.10 Å². The molecule has 0 aliphatic carbocycles. The first-order chi connectivity index (χ1) is 11.1. The number of anilines is 1. The van der Waals surface area contributed by atoms with Gasteiger partial charge in [0, 0.05) is 15.4 Å². The Labute approximate surface area is 146 Å². The van der Waals surface area contributed by atoms with Gasteiger partial charge in [-0.15, -0.1) is 11.3 Å². The molecule has 6 heteroatoms. The molecule has 0 amide bonds. The van der Waals surface area contributed by atoms with Crippen LogP contribution in [0, 0.1) is 5.82 Å². The third kappa shape index (κ3) is 4.03. The highest BCUT2D eigenvalue weighted by Crippen LogP contribution is 2.26. The lowest BCUT2D eigenvalue weighted by molar-refractivity contribution is 0.628. The van der Waals surface area contributed by atoms with Crippen LogP contribution >= 0.6 is 27.3 Å². The number of hydrazone groups is 1. The molecule has 3 rings (SSSR count). The zero-order valence-electron chi connectivity index (χ0n) is 12.3. The molecule has 1 aromatic heterocycles. The normalized spacial score (nSPS) is 11.5. The molecule has 0 aliphatic rings. The molecule has 0 saturated carbocycles. The van der Waals surface area contributed by atoms with E-state index in [1.807, 2.05) is 36.6 Å². The first-order valence-corrected chi connectivity index (χ1v) is 8.57. The van der Waals surface area contributed by atoms with Crippen molar-refractivity contribution in [2.45, 2.75) is 6.92 Å². The second-order valence-electron chi connectivity index (χ2n) is 4.86. The van der Waals surface area contributed by atoms with Crippen molar-refractivity contribution < 1.29 is 4.39 Å². The number of halogens is 2. The maximum absolute atomic E-state index is 12.9. The van der Waals surface area contributed by atoms with Gasteiger partial charge < -0.3 is 0 Å². The van der Waals surface area contributed by atoms with Gasteiger partial charge in [-0.05, 0) is 36.8 Å². The predicted octanol–water partition coefficient (Wildman–Crippen LogP) is 5.55. The summed E-state index contributed by atoms with van der Waals surface area (Å²) in [5, 5.41) is 6.99. The maximum atomic E-state index is 12.9. The monoisotopic (exact) mass is 389 g/mol. The third-order valence-electron chi connectivity index (χ3n) is 3.23. The summed E-state index contributed by atoms with van der Waals surface area (Å²) in [7, 11) is 0. The summed E-state index contributed by atoms with van der Waals surface area (Å²) in [5.74, 6) is -0.256. The first kappa shape index (κ1) is 15.8.